The largest absolute Gasteiger partial charge is 0.457 e. The van der Waals surface area contributed by atoms with Crippen molar-refractivity contribution in [1.29, 1.82) is 0 Å². The van der Waals surface area contributed by atoms with Crippen LogP contribution < -0.4 is 14.4 Å². The molecule has 2 atom stereocenters. The zero-order chi connectivity index (χ0) is 26.4. The number of hydrogen-bond donors (Lipinski definition) is 1. The number of benzene rings is 4. The molecule has 37 heavy (non-hydrogen) atoms. The first-order chi connectivity index (χ1) is 17.7. The second-order valence-corrected chi connectivity index (χ2v) is 10.8. The van der Waals surface area contributed by atoms with Gasteiger partial charge in [-0.15, -0.1) is 0 Å². The molecule has 0 fully saturated rings. The first-order valence-corrected chi connectivity index (χ1v) is 13.8. The number of rotatable bonds is 9. The topological polar surface area (TPSA) is 75.7 Å². The van der Waals surface area contributed by atoms with Gasteiger partial charge in [-0.25, -0.2) is 8.42 Å². The first kappa shape index (κ1) is 26.0. The average molecular weight is 515 g/mol. The molecule has 1 N–H and O–H groups in total. The molecule has 4 aromatic carbocycles. The summed E-state index contributed by atoms with van der Waals surface area (Å²) in [6.45, 7) is 3.59. The minimum atomic E-state index is -3.77. The molecule has 0 heterocycles. The minimum absolute atomic E-state index is 0.372. The molecule has 0 aliphatic carbocycles. The summed E-state index contributed by atoms with van der Waals surface area (Å²) in [5.41, 5.74) is 3.29. The van der Waals surface area contributed by atoms with E-state index in [0.29, 0.717) is 17.2 Å². The van der Waals surface area contributed by atoms with Crippen LogP contribution in [0.2, 0.25) is 0 Å². The summed E-state index contributed by atoms with van der Waals surface area (Å²) >= 11 is 0. The van der Waals surface area contributed by atoms with Gasteiger partial charge in [0.2, 0.25) is 15.9 Å². The third-order valence-electron chi connectivity index (χ3n) is 5.99. The number of nitrogens with one attached hydrogen (secondary N) is 1. The van der Waals surface area contributed by atoms with E-state index in [1.165, 1.54) is 0 Å². The van der Waals surface area contributed by atoms with Gasteiger partial charge in [0, 0.05) is 0 Å². The monoisotopic (exact) mass is 514 g/mol. The Morgan fingerprint density at radius 3 is 1.84 bits per heavy atom. The van der Waals surface area contributed by atoms with E-state index in [2.05, 4.69) is 5.32 Å². The number of carbonyl (C=O) groups excluding carboxylic acids is 1. The van der Waals surface area contributed by atoms with Crippen molar-refractivity contribution in [1.82, 2.24) is 5.32 Å². The molecule has 0 aliphatic heterocycles. The van der Waals surface area contributed by atoms with Crippen LogP contribution in [0.5, 0.6) is 11.5 Å². The van der Waals surface area contributed by atoms with Crippen molar-refractivity contribution in [3.8, 4) is 11.5 Å². The molecule has 0 saturated carbocycles. The average Bonchev–Trinajstić information content (AvgIpc) is 2.89. The highest BCUT2D eigenvalue weighted by Crippen LogP contribution is 2.28. The van der Waals surface area contributed by atoms with E-state index in [9.17, 15) is 13.2 Å². The Hall–Kier alpha value is -4.10. The summed E-state index contributed by atoms with van der Waals surface area (Å²) in [6.07, 6.45) is 1.10. The van der Waals surface area contributed by atoms with Crippen LogP contribution in [0.3, 0.4) is 0 Å². The Kier molecular flexibility index (Phi) is 7.94. The second-order valence-electron chi connectivity index (χ2n) is 8.91. The number of sulfonamides is 1. The fourth-order valence-corrected chi connectivity index (χ4v) is 5.30. The number of aryl methyl sites for hydroxylation is 1. The van der Waals surface area contributed by atoms with Crippen molar-refractivity contribution in [2.75, 3.05) is 10.6 Å². The lowest BCUT2D eigenvalue weighted by Crippen LogP contribution is -2.48. The van der Waals surface area contributed by atoms with Crippen LogP contribution in [-0.4, -0.2) is 26.6 Å². The SMILES string of the molecule is Cc1ccc([C@@H](NC(=O)[C@@H](C)N(c2ccc(Oc3ccccc3)cc2)S(C)(=O)=O)c2ccccc2)cc1. The molecular weight excluding hydrogens is 484 g/mol. The van der Waals surface area contributed by atoms with Crippen LogP contribution in [-0.2, 0) is 14.8 Å². The maximum Gasteiger partial charge on any atom is 0.244 e. The summed E-state index contributed by atoms with van der Waals surface area (Å²) in [4.78, 5) is 13.5. The molecule has 0 aromatic heterocycles. The third-order valence-corrected chi connectivity index (χ3v) is 7.23. The fourth-order valence-electron chi connectivity index (χ4n) is 4.12. The van der Waals surface area contributed by atoms with E-state index in [1.54, 1.807) is 31.2 Å². The zero-order valence-electron chi connectivity index (χ0n) is 21.0. The van der Waals surface area contributed by atoms with Gasteiger partial charge in [0.05, 0.1) is 18.0 Å². The van der Waals surface area contributed by atoms with Gasteiger partial charge < -0.3 is 10.1 Å². The number of anilines is 1. The maximum atomic E-state index is 13.5. The Morgan fingerprint density at radius 1 is 0.757 bits per heavy atom. The van der Waals surface area contributed by atoms with E-state index in [4.69, 9.17) is 4.74 Å². The van der Waals surface area contributed by atoms with Gasteiger partial charge in [0.25, 0.3) is 0 Å². The maximum absolute atomic E-state index is 13.5. The highest BCUT2D eigenvalue weighted by molar-refractivity contribution is 7.92. The van der Waals surface area contributed by atoms with E-state index in [0.717, 1.165) is 27.3 Å². The lowest BCUT2D eigenvalue weighted by atomic mass is 9.97. The lowest BCUT2D eigenvalue weighted by Gasteiger charge is -2.30. The molecule has 0 aliphatic rings. The van der Waals surface area contributed by atoms with Gasteiger partial charge in [-0.3, -0.25) is 9.10 Å². The summed E-state index contributed by atoms with van der Waals surface area (Å²) in [7, 11) is -3.77. The molecule has 4 aromatic rings. The van der Waals surface area contributed by atoms with E-state index < -0.39 is 28.0 Å². The second kappa shape index (κ2) is 11.3. The molecule has 0 radical (unpaired) electrons. The van der Waals surface area contributed by atoms with Crippen LogP contribution >= 0.6 is 0 Å². The molecule has 7 heteroatoms. The number of amides is 1. The number of hydrogen-bond acceptors (Lipinski definition) is 4. The van der Waals surface area contributed by atoms with Crippen LogP contribution in [0.1, 0.15) is 29.7 Å². The van der Waals surface area contributed by atoms with Crippen molar-refractivity contribution in [2.24, 2.45) is 0 Å². The van der Waals surface area contributed by atoms with Crippen LogP contribution in [0.4, 0.5) is 5.69 Å². The Labute approximate surface area is 218 Å². The Morgan fingerprint density at radius 2 is 1.27 bits per heavy atom. The highest BCUT2D eigenvalue weighted by atomic mass is 32.2. The van der Waals surface area contributed by atoms with Gasteiger partial charge in [0.1, 0.15) is 17.5 Å². The van der Waals surface area contributed by atoms with E-state index in [-0.39, 0.29) is 0 Å². The Bertz CT molecular complexity index is 1420. The number of nitrogens with zero attached hydrogens (tertiary/aromatic N) is 1. The molecule has 0 bridgehead atoms. The summed E-state index contributed by atoms with van der Waals surface area (Å²) < 4.78 is 32.6. The minimum Gasteiger partial charge on any atom is -0.457 e. The van der Waals surface area contributed by atoms with Crippen LogP contribution in [0, 0.1) is 6.92 Å². The molecule has 6 nitrogen and oxygen atoms in total. The number of para-hydroxylation sites is 1. The molecular formula is C30H30N2O4S. The fraction of sp³-hybridized carbons (Fsp3) is 0.167. The van der Waals surface area contributed by atoms with Gasteiger partial charge in [-0.05, 0) is 61.4 Å². The molecule has 1 amide bonds. The molecule has 4 rings (SSSR count). The van der Waals surface area contributed by atoms with Crippen molar-refractivity contribution < 1.29 is 17.9 Å². The molecule has 0 spiro atoms. The van der Waals surface area contributed by atoms with E-state index in [1.807, 2.05) is 91.9 Å². The van der Waals surface area contributed by atoms with Crippen molar-refractivity contribution >= 4 is 21.6 Å². The normalized spacial score (nSPS) is 12.8. The summed E-state index contributed by atoms with van der Waals surface area (Å²) in [6, 6.07) is 32.1. The standard InChI is InChI=1S/C30H30N2O4S/c1-22-14-16-25(17-15-22)29(24-10-6-4-7-11-24)31-30(33)23(2)32(37(3,34)35)26-18-20-28(21-19-26)36-27-12-8-5-9-13-27/h4-21,23,29H,1-3H3,(H,31,33)/t23-,29+/m1/s1. The van der Waals surface area contributed by atoms with Crippen molar-refractivity contribution in [3.63, 3.8) is 0 Å². The van der Waals surface area contributed by atoms with Crippen molar-refractivity contribution in [3.05, 3.63) is 126 Å². The quantitative estimate of drug-likeness (QED) is 0.304. The van der Waals surface area contributed by atoms with Gasteiger partial charge in [-0.1, -0.05) is 78.4 Å². The predicted molar refractivity (Wildman–Crippen MR) is 147 cm³/mol. The third kappa shape index (κ3) is 6.57. The predicted octanol–water partition coefficient (Wildman–Crippen LogP) is 5.85. The van der Waals surface area contributed by atoms with Crippen molar-refractivity contribution in [2.45, 2.75) is 25.9 Å². The van der Waals surface area contributed by atoms with Gasteiger partial charge in [-0.2, -0.15) is 0 Å². The van der Waals surface area contributed by atoms with Gasteiger partial charge >= 0.3 is 0 Å². The van der Waals surface area contributed by atoms with Crippen LogP contribution in [0.25, 0.3) is 0 Å². The highest BCUT2D eigenvalue weighted by Gasteiger charge is 2.31. The van der Waals surface area contributed by atoms with E-state index >= 15 is 0 Å². The summed E-state index contributed by atoms with van der Waals surface area (Å²) in [5.74, 6) is 0.819. The summed E-state index contributed by atoms with van der Waals surface area (Å²) in [5, 5.41) is 3.07. The Balaban J connectivity index is 1.59. The first-order valence-electron chi connectivity index (χ1n) is 12.0. The van der Waals surface area contributed by atoms with Gasteiger partial charge in [0.15, 0.2) is 0 Å². The molecule has 190 valence electrons. The lowest BCUT2D eigenvalue weighted by molar-refractivity contribution is -0.122. The smallest absolute Gasteiger partial charge is 0.244 e. The number of carbonyl (C=O) groups is 1. The number of ether oxygens (including phenoxy) is 1. The van der Waals surface area contributed by atoms with Crippen LogP contribution in [0.15, 0.2) is 109 Å². The zero-order valence-corrected chi connectivity index (χ0v) is 21.9. The molecule has 0 saturated heterocycles. The molecule has 0 unspecified atom stereocenters.